The van der Waals surface area contributed by atoms with E-state index in [0.29, 0.717) is 47.4 Å². The molecule has 0 atom stereocenters. The van der Waals surface area contributed by atoms with Crippen molar-refractivity contribution in [1.29, 1.82) is 0 Å². The number of amides is 2. The molecule has 0 aliphatic carbocycles. The van der Waals surface area contributed by atoms with Gasteiger partial charge in [-0.2, -0.15) is 5.10 Å². The molecule has 1 N–H and O–H groups in total. The molecule has 5 heterocycles. The van der Waals surface area contributed by atoms with E-state index in [1.165, 1.54) is 18.4 Å². The Kier molecular flexibility index (Phi) is 6.12. The van der Waals surface area contributed by atoms with E-state index in [9.17, 15) is 9.59 Å². The van der Waals surface area contributed by atoms with Gasteiger partial charge in [0.1, 0.15) is 11.4 Å². The second kappa shape index (κ2) is 9.37. The van der Waals surface area contributed by atoms with Crippen molar-refractivity contribution in [2.45, 2.75) is 32.6 Å². The summed E-state index contributed by atoms with van der Waals surface area (Å²) in [4.78, 5) is 36.3. The number of aromatic nitrogens is 6. The van der Waals surface area contributed by atoms with Crippen LogP contribution in [0.1, 0.15) is 56.1 Å². The summed E-state index contributed by atoms with van der Waals surface area (Å²) < 4.78 is 6.84. The van der Waals surface area contributed by atoms with Crippen molar-refractivity contribution in [3.63, 3.8) is 0 Å². The van der Waals surface area contributed by atoms with E-state index < -0.39 is 0 Å². The molecule has 0 saturated carbocycles. The Hall–Kier alpha value is -3.93. The Labute approximate surface area is 205 Å². The number of hydrogen-bond acceptors (Lipinski definition) is 9. The number of piperidine rings is 1. The first-order valence-electron chi connectivity index (χ1n) is 11.2. The van der Waals surface area contributed by atoms with Crippen LogP contribution in [0.5, 0.6) is 5.88 Å². The van der Waals surface area contributed by atoms with E-state index in [-0.39, 0.29) is 17.7 Å². The first kappa shape index (κ1) is 22.8. The normalized spacial score (nSPS) is 14.3. The third kappa shape index (κ3) is 4.44. The quantitative estimate of drug-likeness (QED) is 0.450. The first-order valence-corrected chi connectivity index (χ1v) is 12.1. The highest BCUT2D eigenvalue weighted by Crippen LogP contribution is 2.31. The van der Waals surface area contributed by atoms with Crippen molar-refractivity contribution in [2.24, 2.45) is 0 Å². The number of nitrogens with zero attached hydrogens (tertiary/aromatic N) is 7. The molecular weight excluding hydrogens is 468 g/mol. The average molecular weight is 493 g/mol. The maximum atomic E-state index is 13.1. The summed E-state index contributed by atoms with van der Waals surface area (Å²) in [5.74, 6) is 0.0647. The number of carbonyl (C=O) groups excluding carboxylic acids is 2. The average Bonchev–Trinajstić information content (AvgIpc) is 3.51. The smallest absolute Gasteiger partial charge is 0.276 e. The Morgan fingerprint density at radius 2 is 2.00 bits per heavy atom. The zero-order chi connectivity index (χ0) is 24.5. The van der Waals surface area contributed by atoms with Gasteiger partial charge in [-0.1, -0.05) is 0 Å². The number of anilines is 1. The molecule has 1 saturated heterocycles. The number of likely N-dealkylation sites (tertiary alicyclic amines) is 1. The summed E-state index contributed by atoms with van der Waals surface area (Å²) in [6.45, 7) is 4.87. The molecule has 5 rings (SSSR count). The van der Waals surface area contributed by atoms with Gasteiger partial charge < -0.3 is 15.0 Å². The number of methoxy groups -OCH3 is 1. The SMILES string of the molecule is COc1ncccc1NC(=O)c1csc(C2CCN(C(=O)c3nnc4cc(C)nn4c3C)CC2)n1. The van der Waals surface area contributed by atoms with E-state index in [1.807, 2.05) is 19.9 Å². The number of carbonyl (C=O) groups is 2. The highest BCUT2D eigenvalue weighted by Gasteiger charge is 2.29. The van der Waals surface area contributed by atoms with Crippen molar-refractivity contribution in [3.05, 3.63) is 57.6 Å². The minimum atomic E-state index is -0.315. The van der Waals surface area contributed by atoms with E-state index in [0.717, 1.165) is 23.5 Å². The fourth-order valence-corrected chi connectivity index (χ4v) is 5.14. The van der Waals surface area contributed by atoms with Crippen LogP contribution < -0.4 is 10.1 Å². The van der Waals surface area contributed by atoms with Crippen LogP contribution in [0.4, 0.5) is 5.69 Å². The zero-order valence-corrected chi connectivity index (χ0v) is 20.4. The number of rotatable bonds is 5. The van der Waals surface area contributed by atoms with E-state index in [2.05, 4.69) is 30.6 Å². The van der Waals surface area contributed by atoms with Gasteiger partial charge in [0.15, 0.2) is 11.3 Å². The van der Waals surface area contributed by atoms with Gasteiger partial charge in [-0.3, -0.25) is 9.59 Å². The Bertz CT molecular complexity index is 1410. The number of fused-ring (bicyclic) bond motifs is 1. The van der Waals surface area contributed by atoms with Gasteiger partial charge in [-0.05, 0) is 38.8 Å². The van der Waals surface area contributed by atoms with Crippen LogP contribution in [-0.4, -0.2) is 66.7 Å². The molecule has 0 radical (unpaired) electrons. The fourth-order valence-electron chi connectivity index (χ4n) is 4.17. The molecule has 4 aromatic rings. The number of ether oxygens (including phenoxy) is 1. The molecule has 1 fully saturated rings. The molecule has 1 aliphatic rings. The standard InChI is InChI=1S/C23H24N8O3S/c1-13-11-18-27-28-19(14(2)31(18)29-13)23(33)30-9-6-15(7-10-30)22-26-17(12-35-22)20(32)25-16-5-4-8-24-21(16)34-3/h4-5,8,11-12,15H,6-7,9-10H2,1-3H3,(H,25,32). The molecule has 2 amide bonds. The van der Waals surface area contributed by atoms with Crippen molar-refractivity contribution >= 4 is 34.5 Å². The topological polar surface area (TPSA) is 128 Å². The second-order valence-electron chi connectivity index (χ2n) is 8.34. The number of pyridine rings is 1. The molecule has 0 unspecified atom stereocenters. The molecule has 35 heavy (non-hydrogen) atoms. The van der Waals surface area contributed by atoms with Crippen LogP contribution in [0.2, 0.25) is 0 Å². The highest BCUT2D eigenvalue weighted by atomic mass is 32.1. The lowest BCUT2D eigenvalue weighted by atomic mass is 9.97. The van der Waals surface area contributed by atoms with E-state index in [4.69, 9.17) is 4.74 Å². The molecule has 0 spiro atoms. The molecule has 180 valence electrons. The third-order valence-electron chi connectivity index (χ3n) is 6.03. The molecular formula is C23H24N8O3S. The van der Waals surface area contributed by atoms with Crippen LogP contribution in [0.25, 0.3) is 5.65 Å². The summed E-state index contributed by atoms with van der Waals surface area (Å²) in [6, 6.07) is 5.28. The van der Waals surface area contributed by atoms with Crippen LogP contribution in [0.15, 0.2) is 29.8 Å². The predicted octanol–water partition coefficient (Wildman–Crippen LogP) is 2.87. The van der Waals surface area contributed by atoms with Crippen molar-refractivity contribution in [2.75, 3.05) is 25.5 Å². The number of thiazole rings is 1. The fraction of sp³-hybridized carbons (Fsp3) is 0.348. The summed E-state index contributed by atoms with van der Waals surface area (Å²) >= 11 is 1.46. The number of nitrogens with one attached hydrogen (secondary N) is 1. The Morgan fingerprint density at radius 1 is 1.20 bits per heavy atom. The van der Waals surface area contributed by atoms with Crippen LogP contribution in [0.3, 0.4) is 0 Å². The lowest BCUT2D eigenvalue weighted by Gasteiger charge is -2.31. The van der Waals surface area contributed by atoms with Gasteiger partial charge in [-0.15, -0.1) is 21.5 Å². The maximum Gasteiger partial charge on any atom is 0.276 e. The molecule has 4 aromatic heterocycles. The van der Waals surface area contributed by atoms with Crippen LogP contribution >= 0.6 is 11.3 Å². The van der Waals surface area contributed by atoms with Gasteiger partial charge >= 0.3 is 0 Å². The Morgan fingerprint density at radius 3 is 2.77 bits per heavy atom. The monoisotopic (exact) mass is 492 g/mol. The highest BCUT2D eigenvalue weighted by molar-refractivity contribution is 7.10. The zero-order valence-electron chi connectivity index (χ0n) is 19.6. The summed E-state index contributed by atoms with van der Waals surface area (Å²) in [6.07, 6.45) is 3.11. The third-order valence-corrected chi connectivity index (χ3v) is 7.03. The molecule has 11 nitrogen and oxygen atoms in total. The van der Waals surface area contributed by atoms with Gasteiger partial charge in [0.05, 0.1) is 23.5 Å². The molecule has 1 aliphatic heterocycles. The van der Waals surface area contributed by atoms with Crippen molar-refractivity contribution in [1.82, 2.24) is 34.7 Å². The predicted molar refractivity (Wildman–Crippen MR) is 129 cm³/mol. The minimum Gasteiger partial charge on any atom is -0.480 e. The van der Waals surface area contributed by atoms with Crippen LogP contribution in [-0.2, 0) is 0 Å². The summed E-state index contributed by atoms with van der Waals surface area (Å²) in [7, 11) is 1.50. The number of aryl methyl sites for hydroxylation is 2. The second-order valence-corrected chi connectivity index (χ2v) is 9.23. The Balaban J connectivity index is 1.23. The summed E-state index contributed by atoms with van der Waals surface area (Å²) in [5.41, 5.74) is 3.28. The lowest BCUT2D eigenvalue weighted by molar-refractivity contribution is 0.0704. The van der Waals surface area contributed by atoms with Gasteiger partial charge in [-0.25, -0.2) is 14.5 Å². The molecule has 0 aromatic carbocycles. The van der Waals surface area contributed by atoms with E-state index >= 15 is 0 Å². The maximum absolute atomic E-state index is 13.1. The minimum absolute atomic E-state index is 0.145. The summed E-state index contributed by atoms with van der Waals surface area (Å²) in [5, 5.41) is 18.2. The van der Waals surface area contributed by atoms with Crippen LogP contribution in [0, 0.1) is 13.8 Å². The van der Waals surface area contributed by atoms with Gasteiger partial charge in [0.2, 0.25) is 5.88 Å². The van der Waals surface area contributed by atoms with E-state index in [1.54, 1.807) is 33.1 Å². The molecule has 12 heteroatoms. The van der Waals surface area contributed by atoms with Crippen molar-refractivity contribution < 1.29 is 14.3 Å². The van der Waals surface area contributed by atoms with Gasteiger partial charge in [0.25, 0.3) is 11.8 Å². The largest absolute Gasteiger partial charge is 0.480 e. The van der Waals surface area contributed by atoms with Crippen molar-refractivity contribution in [3.8, 4) is 5.88 Å². The lowest BCUT2D eigenvalue weighted by Crippen LogP contribution is -2.39. The number of hydrogen-bond donors (Lipinski definition) is 1. The molecule has 0 bridgehead atoms. The first-order chi connectivity index (χ1) is 16.9. The van der Waals surface area contributed by atoms with Gasteiger partial charge in [0, 0.05) is 36.7 Å².